The molecule has 0 spiro atoms. The lowest BCUT2D eigenvalue weighted by atomic mass is 9.98. The molecule has 0 fully saturated rings. The fraction of sp³-hybridized carbons (Fsp3) is 0.167. The first-order chi connectivity index (χ1) is 19.4. The van der Waals surface area contributed by atoms with E-state index in [4.69, 9.17) is 4.98 Å². The molecular weight excluding hydrogens is 515 g/mol. The van der Waals surface area contributed by atoms with Crippen molar-refractivity contribution in [2.45, 2.75) is 32.5 Å². The van der Waals surface area contributed by atoms with Crippen molar-refractivity contribution in [3.63, 3.8) is 0 Å². The summed E-state index contributed by atoms with van der Waals surface area (Å²) in [7, 11) is 0. The summed E-state index contributed by atoms with van der Waals surface area (Å²) in [5.74, 6) is 1.44. The molecule has 0 aliphatic rings. The highest BCUT2D eigenvalue weighted by molar-refractivity contribution is 5.81. The first-order valence-corrected chi connectivity index (χ1v) is 12.9. The minimum Gasteiger partial charge on any atom is -0.323 e. The molecule has 0 bridgehead atoms. The minimum absolute atomic E-state index is 0.408. The van der Waals surface area contributed by atoms with E-state index in [1.807, 2.05) is 30.3 Å². The number of nitrogens with one attached hydrogen (secondary N) is 1. The number of imidazole rings is 1. The van der Waals surface area contributed by atoms with Gasteiger partial charge in [-0.1, -0.05) is 67.6 Å². The van der Waals surface area contributed by atoms with Gasteiger partial charge in [0.25, 0.3) is 0 Å². The Morgan fingerprint density at radius 1 is 0.875 bits per heavy atom. The summed E-state index contributed by atoms with van der Waals surface area (Å²) in [5, 5.41) is 14.4. The molecule has 40 heavy (non-hydrogen) atoms. The van der Waals surface area contributed by atoms with Crippen LogP contribution >= 0.6 is 0 Å². The highest BCUT2D eigenvalue weighted by Crippen LogP contribution is 2.33. The molecular formula is C30H24F3N7. The molecule has 0 radical (unpaired) electrons. The van der Waals surface area contributed by atoms with Crippen LogP contribution in [-0.2, 0) is 19.1 Å². The molecule has 0 atom stereocenters. The number of aryl methyl sites for hydroxylation is 1. The molecule has 10 heteroatoms. The van der Waals surface area contributed by atoms with Gasteiger partial charge in [-0.05, 0) is 46.5 Å². The van der Waals surface area contributed by atoms with Gasteiger partial charge >= 0.3 is 6.18 Å². The quantitative estimate of drug-likeness (QED) is 0.237. The minimum atomic E-state index is -4.42. The second-order valence-corrected chi connectivity index (χ2v) is 9.48. The molecule has 0 unspecified atom stereocenters. The zero-order valence-corrected chi connectivity index (χ0v) is 21.5. The molecule has 0 amide bonds. The molecule has 0 aliphatic carbocycles. The van der Waals surface area contributed by atoms with E-state index in [-0.39, 0.29) is 0 Å². The first kappa shape index (κ1) is 25.4. The molecule has 200 valence electrons. The number of hydrogen-bond donors (Lipinski definition) is 1. The average Bonchev–Trinajstić information content (AvgIpc) is 3.62. The largest absolute Gasteiger partial charge is 0.416 e. The van der Waals surface area contributed by atoms with Crippen molar-refractivity contribution >= 4 is 11.0 Å². The predicted molar refractivity (Wildman–Crippen MR) is 146 cm³/mol. The second-order valence-electron chi connectivity index (χ2n) is 9.48. The van der Waals surface area contributed by atoms with Crippen LogP contribution in [0, 0.1) is 0 Å². The lowest BCUT2D eigenvalue weighted by Crippen LogP contribution is -2.05. The van der Waals surface area contributed by atoms with E-state index >= 15 is 0 Å². The number of fused-ring (bicyclic) bond motifs is 1. The second kappa shape index (κ2) is 10.4. The van der Waals surface area contributed by atoms with E-state index in [9.17, 15) is 13.2 Å². The maximum absolute atomic E-state index is 13.3. The van der Waals surface area contributed by atoms with Crippen molar-refractivity contribution in [3.8, 4) is 33.8 Å². The fourth-order valence-corrected chi connectivity index (χ4v) is 4.86. The molecule has 0 saturated carbocycles. The van der Waals surface area contributed by atoms with Crippen LogP contribution in [0.3, 0.4) is 0 Å². The van der Waals surface area contributed by atoms with Gasteiger partial charge in [0, 0.05) is 24.1 Å². The zero-order valence-electron chi connectivity index (χ0n) is 21.5. The number of nitrogens with zero attached hydrogens (tertiary/aromatic N) is 6. The topological polar surface area (TPSA) is 85.2 Å². The number of alkyl halides is 3. The van der Waals surface area contributed by atoms with E-state index in [1.165, 1.54) is 6.07 Å². The molecule has 0 aliphatic heterocycles. The Labute approximate surface area is 227 Å². The van der Waals surface area contributed by atoms with Crippen molar-refractivity contribution in [1.29, 1.82) is 0 Å². The standard InChI is InChI=1S/C30H24F3N7/c1-2-6-28-35-26-17-34-25(21-7-5-8-22(15-21)30(31,32)33)16-27(26)40(28)18-19-11-13-20(14-12-19)23-9-3-4-10-24(23)29-36-38-39-37-29/h3-5,7-17H,2,6,18H2,1H3,(H,36,37,38,39). The molecule has 3 aromatic carbocycles. The van der Waals surface area contributed by atoms with Crippen molar-refractivity contribution < 1.29 is 13.2 Å². The average molecular weight is 540 g/mol. The third-order valence-corrected chi connectivity index (χ3v) is 6.79. The van der Waals surface area contributed by atoms with Crippen LogP contribution in [0.5, 0.6) is 0 Å². The number of pyridine rings is 1. The predicted octanol–water partition coefficient (Wildman–Crippen LogP) is 6.97. The molecule has 7 nitrogen and oxygen atoms in total. The van der Waals surface area contributed by atoms with E-state index in [1.54, 1.807) is 12.3 Å². The van der Waals surface area contributed by atoms with Crippen LogP contribution in [0.25, 0.3) is 44.8 Å². The third-order valence-electron chi connectivity index (χ3n) is 6.79. The number of aromatic nitrogens is 7. The number of halogens is 3. The Kier molecular flexibility index (Phi) is 6.59. The Hall–Kier alpha value is -4.86. The zero-order chi connectivity index (χ0) is 27.7. The van der Waals surface area contributed by atoms with Gasteiger partial charge in [-0.2, -0.15) is 18.4 Å². The van der Waals surface area contributed by atoms with E-state index in [2.05, 4.69) is 61.4 Å². The molecule has 3 aromatic heterocycles. The molecule has 6 rings (SSSR count). The number of benzene rings is 3. The summed E-state index contributed by atoms with van der Waals surface area (Å²) in [6, 6.07) is 23.2. The molecule has 3 heterocycles. The van der Waals surface area contributed by atoms with Crippen molar-refractivity contribution in [1.82, 2.24) is 35.2 Å². The van der Waals surface area contributed by atoms with Crippen LogP contribution < -0.4 is 0 Å². The van der Waals surface area contributed by atoms with Gasteiger partial charge < -0.3 is 4.57 Å². The normalized spacial score (nSPS) is 11.8. The van der Waals surface area contributed by atoms with Gasteiger partial charge in [-0.3, -0.25) is 4.98 Å². The van der Waals surface area contributed by atoms with Gasteiger partial charge in [-0.25, -0.2) is 4.98 Å². The number of tetrazole rings is 1. The molecule has 0 saturated heterocycles. The van der Waals surface area contributed by atoms with Crippen molar-refractivity contribution in [2.75, 3.05) is 0 Å². The smallest absolute Gasteiger partial charge is 0.323 e. The van der Waals surface area contributed by atoms with E-state index < -0.39 is 11.7 Å². The number of aromatic amines is 1. The summed E-state index contributed by atoms with van der Waals surface area (Å²) in [5.41, 5.74) is 5.67. The number of H-pyrrole nitrogens is 1. The first-order valence-electron chi connectivity index (χ1n) is 12.9. The third kappa shape index (κ3) is 4.95. The van der Waals surface area contributed by atoms with Gasteiger partial charge in [-0.15, -0.1) is 10.2 Å². The Balaban J connectivity index is 1.35. The van der Waals surface area contributed by atoms with Crippen LogP contribution in [0.4, 0.5) is 13.2 Å². The van der Waals surface area contributed by atoms with Crippen LogP contribution in [0.1, 0.15) is 30.3 Å². The monoisotopic (exact) mass is 539 g/mol. The van der Waals surface area contributed by atoms with Gasteiger partial charge in [0.05, 0.1) is 23.0 Å². The highest BCUT2D eigenvalue weighted by Gasteiger charge is 2.30. The summed E-state index contributed by atoms with van der Waals surface area (Å²) in [6.45, 7) is 2.65. The van der Waals surface area contributed by atoms with E-state index in [0.29, 0.717) is 29.1 Å². The van der Waals surface area contributed by atoms with Crippen LogP contribution in [-0.4, -0.2) is 35.2 Å². The number of hydrogen-bond acceptors (Lipinski definition) is 5. The van der Waals surface area contributed by atoms with Crippen LogP contribution in [0.15, 0.2) is 85.1 Å². The van der Waals surface area contributed by atoms with Gasteiger partial charge in [0.2, 0.25) is 5.82 Å². The Morgan fingerprint density at radius 3 is 2.40 bits per heavy atom. The summed E-state index contributed by atoms with van der Waals surface area (Å²) < 4.78 is 42.1. The fourth-order valence-electron chi connectivity index (χ4n) is 4.86. The molecule has 1 N–H and O–H groups in total. The van der Waals surface area contributed by atoms with Crippen molar-refractivity contribution in [3.05, 3.63) is 102 Å². The summed E-state index contributed by atoms with van der Waals surface area (Å²) in [4.78, 5) is 9.23. The maximum atomic E-state index is 13.3. The Bertz CT molecular complexity index is 1770. The highest BCUT2D eigenvalue weighted by atomic mass is 19.4. The van der Waals surface area contributed by atoms with Gasteiger partial charge in [0.15, 0.2) is 0 Å². The Morgan fingerprint density at radius 2 is 1.68 bits per heavy atom. The van der Waals surface area contributed by atoms with Gasteiger partial charge in [0.1, 0.15) is 11.3 Å². The maximum Gasteiger partial charge on any atom is 0.416 e. The van der Waals surface area contributed by atoms with Crippen LogP contribution in [0.2, 0.25) is 0 Å². The van der Waals surface area contributed by atoms with E-state index in [0.717, 1.165) is 58.6 Å². The number of rotatable bonds is 7. The summed E-state index contributed by atoms with van der Waals surface area (Å²) in [6.07, 6.45) is -1.11. The summed E-state index contributed by atoms with van der Waals surface area (Å²) >= 11 is 0. The lowest BCUT2D eigenvalue weighted by molar-refractivity contribution is -0.137. The SMILES string of the molecule is CCCc1nc2cnc(-c3cccc(C(F)(F)F)c3)cc2n1Cc1ccc(-c2ccccc2-c2nn[nH]n2)cc1. The van der Waals surface area contributed by atoms with Crippen molar-refractivity contribution in [2.24, 2.45) is 0 Å². The lowest BCUT2D eigenvalue weighted by Gasteiger charge is -2.12. The molecule has 6 aromatic rings.